The van der Waals surface area contributed by atoms with Crippen molar-refractivity contribution < 1.29 is 19.1 Å². The van der Waals surface area contributed by atoms with Crippen LogP contribution in [0.25, 0.3) is 0 Å². The highest BCUT2D eigenvalue weighted by Gasteiger charge is 2.02. The summed E-state index contributed by atoms with van der Waals surface area (Å²) in [5, 5.41) is 2.37. The lowest BCUT2D eigenvalue weighted by molar-refractivity contribution is 0.0663. The van der Waals surface area contributed by atoms with Gasteiger partial charge in [-0.2, -0.15) is 0 Å². The van der Waals surface area contributed by atoms with Crippen LogP contribution in [0.2, 0.25) is 0 Å². The fraction of sp³-hybridized carbons (Fsp3) is 0.143. The van der Waals surface area contributed by atoms with Crippen molar-refractivity contribution in [2.75, 3.05) is 6.61 Å². The van der Waals surface area contributed by atoms with Gasteiger partial charge in [-0.15, -0.1) is 0 Å². The van der Waals surface area contributed by atoms with Gasteiger partial charge in [0.15, 0.2) is 0 Å². The summed E-state index contributed by atoms with van der Waals surface area (Å²) in [6.45, 7) is 2.02. The van der Waals surface area contributed by atoms with Crippen LogP contribution in [-0.4, -0.2) is 18.7 Å². The number of allylic oxidation sites excluding steroid dienone is 2. The van der Waals surface area contributed by atoms with Crippen molar-refractivity contribution in [3.05, 3.63) is 60.5 Å². The van der Waals surface area contributed by atoms with E-state index < -0.39 is 12.1 Å². The molecule has 5 heteroatoms. The Labute approximate surface area is 111 Å². The second-order valence-corrected chi connectivity index (χ2v) is 3.32. The van der Waals surface area contributed by atoms with E-state index in [-0.39, 0.29) is 0 Å². The number of alkyl carbamates (subject to hydrolysis) is 1. The minimum Gasteiger partial charge on any atom is -0.450 e. The fourth-order valence-electron chi connectivity index (χ4n) is 1.13. The minimum atomic E-state index is -0.534. The van der Waals surface area contributed by atoms with Crippen LogP contribution in [0.4, 0.5) is 4.79 Å². The predicted octanol–water partition coefficient (Wildman–Crippen LogP) is 2.62. The highest BCUT2D eigenvalue weighted by Crippen LogP contribution is 2.00. The number of benzene rings is 1. The first-order valence-corrected chi connectivity index (χ1v) is 5.75. The molecule has 0 aliphatic carbocycles. The van der Waals surface area contributed by atoms with Crippen LogP contribution in [0.3, 0.4) is 0 Å². The molecule has 19 heavy (non-hydrogen) atoms. The molecule has 0 heterocycles. The molecule has 0 fully saturated rings. The second kappa shape index (κ2) is 8.52. The molecule has 1 aromatic carbocycles. The normalized spacial score (nSPS) is 10.6. The first-order valence-electron chi connectivity index (χ1n) is 5.75. The fourth-order valence-corrected chi connectivity index (χ4v) is 1.13. The number of esters is 1. The van der Waals surface area contributed by atoms with E-state index in [0.717, 1.165) is 0 Å². The maximum absolute atomic E-state index is 11.5. The van der Waals surface area contributed by atoms with Gasteiger partial charge >= 0.3 is 12.1 Å². The second-order valence-electron chi connectivity index (χ2n) is 3.32. The summed E-state index contributed by atoms with van der Waals surface area (Å²) in [6, 6.07) is 8.64. The molecule has 0 aromatic heterocycles. The van der Waals surface area contributed by atoms with Crippen molar-refractivity contribution in [2.24, 2.45) is 0 Å². The molecule has 0 aliphatic heterocycles. The molecule has 1 rings (SSSR count). The van der Waals surface area contributed by atoms with Crippen molar-refractivity contribution >= 4 is 12.1 Å². The third-order valence-corrected chi connectivity index (χ3v) is 1.95. The number of amides is 1. The van der Waals surface area contributed by atoms with Crippen LogP contribution in [-0.2, 0) is 9.47 Å². The smallest absolute Gasteiger partial charge is 0.411 e. The Bertz CT molecular complexity index is 466. The molecule has 1 amide bonds. The van der Waals surface area contributed by atoms with Crippen LogP contribution in [0.5, 0.6) is 0 Å². The molecule has 0 spiro atoms. The van der Waals surface area contributed by atoms with Gasteiger partial charge in [-0.3, -0.25) is 5.32 Å². The summed E-state index contributed by atoms with van der Waals surface area (Å²) in [5.74, 6) is -0.441. The van der Waals surface area contributed by atoms with Crippen molar-refractivity contribution in [1.82, 2.24) is 5.32 Å². The topological polar surface area (TPSA) is 64.6 Å². The zero-order valence-electron chi connectivity index (χ0n) is 10.5. The highest BCUT2D eigenvalue weighted by atomic mass is 16.5. The monoisotopic (exact) mass is 261 g/mol. The molecular weight excluding hydrogens is 246 g/mol. The van der Waals surface area contributed by atoms with Crippen LogP contribution in [0, 0.1) is 0 Å². The number of nitrogens with one attached hydrogen (secondary N) is 1. The third kappa shape index (κ3) is 6.07. The minimum absolute atomic E-state index is 0.310. The lowest BCUT2D eigenvalue weighted by atomic mass is 10.2. The summed E-state index contributed by atoms with van der Waals surface area (Å²) in [7, 11) is 0. The quantitative estimate of drug-likeness (QED) is 0.502. The highest BCUT2D eigenvalue weighted by molar-refractivity contribution is 5.89. The van der Waals surface area contributed by atoms with E-state index >= 15 is 0 Å². The van der Waals surface area contributed by atoms with Crippen molar-refractivity contribution in [3.8, 4) is 0 Å². The largest absolute Gasteiger partial charge is 0.450 e. The Hall–Kier alpha value is -2.56. The predicted molar refractivity (Wildman–Crippen MR) is 70.3 cm³/mol. The average molecular weight is 261 g/mol. The van der Waals surface area contributed by atoms with Gasteiger partial charge in [-0.25, -0.2) is 9.59 Å². The molecule has 1 aromatic rings. The maximum atomic E-state index is 11.5. The molecular formula is C14H15NO4. The molecule has 0 saturated carbocycles. The van der Waals surface area contributed by atoms with Crippen molar-refractivity contribution in [3.63, 3.8) is 0 Å². The molecule has 0 saturated heterocycles. The van der Waals surface area contributed by atoms with E-state index in [9.17, 15) is 9.59 Å². The SMILES string of the molecule is CCOC(=O)N/C=C/C=C/OC(=O)c1ccccc1. The molecule has 0 atom stereocenters. The molecule has 100 valence electrons. The molecule has 0 aliphatic rings. The molecule has 0 bridgehead atoms. The van der Waals surface area contributed by atoms with E-state index in [1.807, 2.05) is 6.07 Å². The Morgan fingerprint density at radius 3 is 2.63 bits per heavy atom. The van der Waals surface area contributed by atoms with E-state index in [2.05, 4.69) is 10.1 Å². The van der Waals surface area contributed by atoms with Gasteiger partial charge in [0.05, 0.1) is 18.4 Å². The maximum Gasteiger partial charge on any atom is 0.411 e. The lowest BCUT2D eigenvalue weighted by Crippen LogP contribution is -2.17. The number of hydrogen-bond donors (Lipinski definition) is 1. The zero-order chi connectivity index (χ0) is 13.9. The van der Waals surface area contributed by atoms with E-state index in [4.69, 9.17) is 4.74 Å². The number of carbonyl (C=O) groups excluding carboxylic acids is 2. The van der Waals surface area contributed by atoms with Gasteiger partial charge < -0.3 is 9.47 Å². The summed E-state index contributed by atoms with van der Waals surface area (Å²) in [5.41, 5.74) is 0.473. The molecule has 0 unspecified atom stereocenters. The number of carbonyl (C=O) groups is 2. The van der Waals surface area contributed by atoms with Crippen molar-refractivity contribution in [2.45, 2.75) is 6.92 Å². The van der Waals surface area contributed by atoms with Crippen LogP contribution in [0.15, 0.2) is 54.9 Å². The Balaban J connectivity index is 2.29. The number of ether oxygens (including phenoxy) is 2. The summed E-state index contributed by atoms with van der Waals surface area (Å²) < 4.78 is 9.50. The van der Waals surface area contributed by atoms with Crippen molar-refractivity contribution in [1.29, 1.82) is 0 Å². The summed E-state index contributed by atoms with van der Waals surface area (Å²) >= 11 is 0. The molecule has 0 radical (unpaired) electrons. The standard InChI is InChI=1S/C14H15NO4/c1-2-18-14(17)15-10-6-7-11-19-13(16)12-8-4-3-5-9-12/h3-11H,2H2,1H3,(H,15,17)/b10-6+,11-7+. The summed E-state index contributed by atoms with van der Waals surface area (Å²) in [4.78, 5) is 22.4. The van der Waals surface area contributed by atoms with Gasteiger partial charge in [0.1, 0.15) is 0 Å². The Morgan fingerprint density at radius 2 is 1.95 bits per heavy atom. The third-order valence-electron chi connectivity index (χ3n) is 1.95. The number of rotatable bonds is 5. The Kier molecular flexibility index (Phi) is 6.50. The lowest BCUT2D eigenvalue weighted by Gasteiger charge is -1.98. The molecule has 1 N–H and O–H groups in total. The average Bonchev–Trinajstić information content (AvgIpc) is 2.43. The first-order chi connectivity index (χ1) is 9.24. The van der Waals surface area contributed by atoms with E-state index in [1.54, 1.807) is 31.2 Å². The molecule has 5 nitrogen and oxygen atoms in total. The van der Waals surface area contributed by atoms with Gasteiger partial charge in [0.25, 0.3) is 0 Å². The first kappa shape index (κ1) is 14.5. The van der Waals surface area contributed by atoms with Gasteiger partial charge in [0, 0.05) is 6.20 Å². The number of hydrogen-bond acceptors (Lipinski definition) is 4. The van der Waals surface area contributed by atoms with Gasteiger partial charge in [0.2, 0.25) is 0 Å². The Morgan fingerprint density at radius 1 is 1.21 bits per heavy atom. The summed E-state index contributed by atoms with van der Waals surface area (Å²) in [6.07, 6.45) is 5.07. The van der Waals surface area contributed by atoms with E-state index in [1.165, 1.54) is 24.6 Å². The van der Waals surface area contributed by atoms with Crippen LogP contribution < -0.4 is 5.32 Å². The van der Waals surface area contributed by atoms with Crippen LogP contribution >= 0.6 is 0 Å². The van der Waals surface area contributed by atoms with E-state index in [0.29, 0.717) is 12.2 Å². The zero-order valence-corrected chi connectivity index (χ0v) is 10.5. The van der Waals surface area contributed by atoms with Gasteiger partial charge in [-0.05, 0) is 31.2 Å². The van der Waals surface area contributed by atoms with Crippen LogP contribution in [0.1, 0.15) is 17.3 Å². The van der Waals surface area contributed by atoms with Gasteiger partial charge in [-0.1, -0.05) is 18.2 Å².